The molecule has 0 amide bonds. The molecule has 2 aromatic carbocycles. The summed E-state index contributed by atoms with van der Waals surface area (Å²) in [4.78, 5) is 18.3. The van der Waals surface area contributed by atoms with Crippen LogP contribution >= 0.6 is 12.2 Å². The molecule has 4 rings (SSSR count). The monoisotopic (exact) mass is 383 g/mol. The van der Waals surface area contributed by atoms with E-state index >= 15 is 0 Å². The Kier molecular flexibility index (Phi) is 4.96. The van der Waals surface area contributed by atoms with Crippen LogP contribution in [-0.4, -0.2) is 34.8 Å². The molecule has 1 aliphatic heterocycles. The van der Waals surface area contributed by atoms with Crippen LogP contribution in [0.3, 0.4) is 0 Å². The Hall–Kier alpha value is -2.64. The molecule has 3 aromatic rings. The molecule has 0 bridgehead atoms. The van der Waals surface area contributed by atoms with E-state index in [4.69, 9.17) is 21.7 Å². The topological polar surface area (TPSA) is 59.5 Å². The van der Waals surface area contributed by atoms with Crippen molar-refractivity contribution < 1.29 is 9.47 Å². The molecule has 0 fully saturated rings. The van der Waals surface area contributed by atoms with E-state index in [9.17, 15) is 4.79 Å². The second kappa shape index (κ2) is 7.54. The number of fused-ring (bicyclic) bond motifs is 2. The Morgan fingerprint density at radius 2 is 1.93 bits per heavy atom. The molecule has 7 heteroatoms. The van der Waals surface area contributed by atoms with Crippen molar-refractivity contribution in [2.75, 3.05) is 20.4 Å². The van der Waals surface area contributed by atoms with Crippen molar-refractivity contribution >= 4 is 23.1 Å². The zero-order chi connectivity index (χ0) is 18.8. The lowest BCUT2D eigenvalue weighted by Gasteiger charge is -2.17. The number of aromatic nitrogens is 2. The zero-order valence-electron chi connectivity index (χ0n) is 15.1. The molecule has 1 aliphatic rings. The summed E-state index contributed by atoms with van der Waals surface area (Å²) in [5.41, 5.74) is 1.85. The number of rotatable bonds is 6. The van der Waals surface area contributed by atoms with Crippen molar-refractivity contribution in [1.29, 1.82) is 0 Å². The van der Waals surface area contributed by atoms with E-state index in [1.54, 1.807) is 16.7 Å². The van der Waals surface area contributed by atoms with Gasteiger partial charge in [-0.2, -0.15) is 0 Å². The zero-order valence-corrected chi connectivity index (χ0v) is 15.9. The second-order valence-electron chi connectivity index (χ2n) is 6.71. The maximum atomic E-state index is 12.9. The van der Waals surface area contributed by atoms with E-state index in [1.807, 2.05) is 18.2 Å². The molecule has 0 atom stereocenters. The number of H-pyrrole nitrogens is 1. The Bertz CT molecular complexity index is 1080. The van der Waals surface area contributed by atoms with Crippen molar-refractivity contribution in [1.82, 2.24) is 14.5 Å². The molecule has 1 N–H and O–H groups in total. The molecule has 140 valence electrons. The molecule has 0 spiro atoms. The number of hydrogen-bond acceptors (Lipinski definition) is 5. The lowest BCUT2D eigenvalue weighted by molar-refractivity contribution is 0.174. The van der Waals surface area contributed by atoms with Gasteiger partial charge in [-0.1, -0.05) is 30.3 Å². The molecule has 0 unspecified atom stereocenters. The van der Waals surface area contributed by atoms with Gasteiger partial charge in [0.1, 0.15) is 0 Å². The fraction of sp³-hybridized carbons (Fsp3) is 0.300. The first-order valence-electron chi connectivity index (χ1n) is 8.91. The molecule has 0 saturated heterocycles. The average Bonchev–Trinajstić information content (AvgIpc) is 3.11. The smallest absolute Gasteiger partial charge is 0.262 e. The summed E-state index contributed by atoms with van der Waals surface area (Å²) < 4.78 is 12.8. The Balaban J connectivity index is 1.48. The van der Waals surface area contributed by atoms with Gasteiger partial charge in [0.2, 0.25) is 6.79 Å². The summed E-state index contributed by atoms with van der Waals surface area (Å²) in [5, 5.41) is 0.561. The molecule has 27 heavy (non-hydrogen) atoms. The van der Waals surface area contributed by atoms with Crippen LogP contribution in [-0.2, 0) is 13.1 Å². The Labute approximate surface area is 162 Å². The number of benzene rings is 2. The normalized spacial score (nSPS) is 12.8. The van der Waals surface area contributed by atoms with Gasteiger partial charge in [0.05, 0.1) is 10.9 Å². The minimum atomic E-state index is -0.0993. The fourth-order valence-corrected chi connectivity index (χ4v) is 3.60. The number of hydrogen-bond donors (Lipinski definition) is 1. The van der Waals surface area contributed by atoms with E-state index in [1.165, 1.54) is 5.56 Å². The van der Waals surface area contributed by atoms with Gasteiger partial charge in [0.15, 0.2) is 16.3 Å². The molecule has 0 aliphatic carbocycles. The third kappa shape index (κ3) is 3.74. The van der Waals surface area contributed by atoms with Gasteiger partial charge in [-0.25, -0.2) is 0 Å². The number of nitrogens with one attached hydrogen (secondary N) is 1. The van der Waals surface area contributed by atoms with Crippen LogP contribution in [0.15, 0.2) is 47.3 Å². The molecule has 2 heterocycles. The second-order valence-corrected chi connectivity index (χ2v) is 7.10. The van der Waals surface area contributed by atoms with Crippen LogP contribution in [0, 0.1) is 4.77 Å². The van der Waals surface area contributed by atoms with Gasteiger partial charge in [0.25, 0.3) is 5.56 Å². The highest BCUT2D eigenvalue weighted by Crippen LogP contribution is 2.34. The third-order valence-electron chi connectivity index (χ3n) is 4.69. The standard InChI is InChI=1S/C20H21N3O3S/c1-22(12-14-6-3-2-4-7-14)8-5-9-23-19(24)15-10-17-18(26-13-25-17)11-16(15)21-20(23)27/h2-4,6-7,10-11H,5,8-9,12-13H2,1H3,(H,21,27). The first-order chi connectivity index (χ1) is 13.1. The predicted molar refractivity (Wildman–Crippen MR) is 107 cm³/mol. The largest absolute Gasteiger partial charge is 0.454 e. The van der Waals surface area contributed by atoms with E-state index < -0.39 is 0 Å². The molecular formula is C20H21N3O3S. The van der Waals surface area contributed by atoms with Crippen molar-refractivity contribution in [3.8, 4) is 11.5 Å². The van der Waals surface area contributed by atoms with Crippen LogP contribution < -0.4 is 15.0 Å². The van der Waals surface area contributed by atoms with Crippen molar-refractivity contribution in [3.63, 3.8) is 0 Å². The van der Waals surface area contributed by atoms with Gasteiger partial charge in [-0.05, 0) is 43.9 Å². The van der Waals surface area contributed by atoms with Crippen LogP contribution in [0.25, 0.3) is 10.9 Å². The highest BCUT2D eigenvalue weighted by Gasteiger charge is 2.17. The fourth-order valence-electron chi connectivity index (χ4n) is 3.32. The lowest BCUT2D eigenvalue weighted by Crippen LogP contribution is -2.25. The molecule has 0 saturated carbocycles. The van der Waals surface area contributed by atoms with Crippen LogP contribution in [0.1, 0.15) is 12.0 Å². The van der Waals surface area contributed by atoms with Crippen LogP contribution in [0.5, 0.6) is 11.5 Å². The van der Waals surface area contributed by atoms with E-state index in [2.05, 4.69) is 29.1 Å². The summed E-state index contributed by atoms with van der Waals surface area (Å²) in [6, 6.07) is 13.8. The van der Waals surface area contributed by atoms with Gasteiger partial charge in [-0.3, -0.25) is 9.36 Å². The van der Waals surface area contributed by atoms with Crippen LogP contribution in [0.2, 0.25) is 0 Å². The average molecular weight is 383 g/mol. The van der Waals surface area contributed by atoms with Crippen molar-refractivity contribution in [2.24, 2.45) is 0 Å². The molecule has 1 aromatic heterocycles. The van der Waals surface area contributed by atoms with E-state index in [-0.39, 0.29) is 12.4 Å². The Morgan fingerprint density at radius 3 is 2.70 bits per heavy atom. The third-order valence-corrected chi connectivity index (χ3v) is 5.01. The maximum absolute atomic E-state index is 12.9. The SMILES string of the molecule is CN(CCCn1c(=S)[nH]c2cc3c(cc2c1=O)OCO3)Cc1ccccc1. The van der Waals surface area contributed by atoms with Crippen molar-refractivity contribution in [3.05, 3.63) is 63.2 Å². The van der Waals surface area contributed by atoms with Gasteiger partial charge < -0.3 is 19.4 Å². The molecular weight excluding hydrogens is 362 g/mol. The summed E-state index contributed by atoms with van der Waals surface area (Å²) in [6.45, 7) is 2.49. The number of aromatic amines is 1. The summed E-state index contributed by atoms with van der Waals surface area (Å²) in [5.74, 6) is 1.23. The van der Waals surface area contributed by atoms with E-state index in [0.29, 0.717) is 33.7 Å². The first kappa shape index (κ1) is 17.8. The minimum absolute atomic E-state index is 0.0993. The maximum Gasteiger partial charge on any atom is 0.262 e. The first-order valence-corrected chi connectivity index (χ1v) is 9.31. The number of nitrogens with zero attached hydrogens (tertiary/aromatic N) is 2. The molecule has 0 radical (unpaired) electrons. The van der Waals surface area contributed by atoms with E-state index in [0.717, 1.165) is 19.5 Å². The van der Waals surface area contributed by atoms with Crippen LogP contribution in [0.4, 0.5) is 0 Å². The minimum Gasteiger partial charge on any atom is -0.454 e. The van der Waals surface area contributed by atoms with Crippen molar-refractivity contribution in [2.45, 2.75) is 19.5 Å². The lowest BCUT2D eigenvalue weighted by atomic mass is 10.2. The molecule has 6 nitrogen and oxygen atoms in total. The quantitative estimate of drug-likeness (QED) is 0.662. The van der Waals surface area contributed by atoms with Gasteiger partial charge in [-0.15, -0.1) is 0 Å². The summed E-state index contributed by atoms with van der Waals surface area (Å²) >= 11 is 5.40. The highest BCUT2D eigenvalue weighted by molar-refractivity contribution is 7.71. The number of ether oxygens (including phenoxy) is 2. The summed E-state index contributed by atoms with van der Waals surface area (Å²) in [7, 11) is 2.08. The summed E-state index contributed by atoms with van der Waals surface area (Å²) in [6.07, 6.45) is 0.830. The van der Waals surface area contributed by atoms with Gasteiger partial charge in [0, 0.05) is 19.2 Å². The predicted octanol–water partition coefficient (Wildman–Crippen LogP) is 3.31. The highest BCUT2D eigenvalue weighted by atomic mass is 32.1. The Morgan fingerprint density at radius 1 is 1.19 bits per heavy atom. The van der Waals surface area contributed by atoms with Gasteiger partial charge >= 0.3 is 0 Å².